The van der Waals surface area contributed by atoms with Crippen molar-refractivity contribution in [1.29, 1.82) is 0 Å². The molecule has 1 atom stereocenters. The van der Waals surface area contributed by atoms with Gasteiger partial charge in [0.2, 0.25) is 0 Å². The minimum absolute atomic E-state index is 0.280. The highest BCUT2D eigenvalue weighted by Crippen LogP contribution is 2.19. The van der Waals surface area contributed by atoms with Gasteiger partial charge in [0.1, 0.15) is 5.75 Å². The molecule has 1 N–H and O–H groups in total. The monoisotopic (exact) mass is 333 g/mol. The van der Waals surface area contributed by atoms with Gasteiger partial charge in [0.25, 0.3) is 5.91 Å². The zero-order chi connectivity index (χ0) is 16.8. The fourth-order valence-electron chi connectivity index (χ4n) is 1.89. The quantitative estimate of drug-likeness (QED) is 0.850. The van der Waals surface area contributed by atoms with E-state index in [0.29, 0.717) is 16.5 Å². The molecule has 0 heterocycles. The van der Waals surface area contributed by atoms with Crippen molar-refractivity contribution in [2.75, 3.05) is 12.4 Å². The lowest BCUT2D eigenvalue weighted by Gasteiger charge is -2.16. The highest BCUT2D eigenvalue weighted by Gasteiger charge is 2.18. The highest BCUT2D eigenvalue weighted by atomic mass is 35.5. The molecule has 0 bridgehead atoms. The molecular formula is C17H16ClNO4. The molecule has 2 rings (SSSR count). The molecule has 0 saturated carbocycles. The Labute approximate surface area is 139 Å². The van der Waals surface area contributed by atoms with E-state index in [1.54, 1.807) is 55.5 Å². The fraction of sp³-hybridized carbons (Fsp3) is 0.176. The maximum atomic E-state index is 12.2. The molecule has 5 nitrogen and oxygen atoms in total. The summed E-state index contributed by atoms with van der Waals surface area (Å²) in [6, 6.07) is 13.3. The number of carbonyl (C=O) groups excluding carboxylic acids is 2. The van der Waals surface area contributed by atoms with E-state index in [-0.39, 0.29) is 11.5 Å². The van der Waals surface area contributed by atoms with Crippen LogP contribution >= 0.6 is 11.6 Å². The minimum Gasteiger partial charge on any atom is -0.481 e. The van der Waals surface area contributed by atoms with Gasteiger partial charge < -0.3 is 14.8 Å². The van der Waals surface area contributed by atoms with Gasteiger partial charge in [-0.1, -0.05) is 23.7 Å². The van der Waals surface area contributed by atoms with Crippen LogP contribution in [0.4, 0.5) is 5.69 Å². The van der Waals surface area contributed by atoms with Gasteiger partial charge in [0.05, 0.1) is 18.4 Å². The first-order chi connectivity index (χ1) is 11.0. The third-order valence-electron chi connectivity index (χ3n) is 3.09. The predicted octanol–water partition coefficient (Wildman–Crippen LogP) is 3.53. The van der Waals surface area contributed by atoms with Crippen molar-refractivity contribution in [3.05, 3.63) is 59.1 Å². The molecule has 2 aromatic carbocycles. The Kier molecular flexibility index (Phi) is 5.60. The Bertz CT molecular complexity index is 700. The Balaban J connectivity index is 2.06. The molecule has 0 aliphatic rings. The SMILES string of the molecule is COC(=O)c1ccccc1NC(=O)[C@H](C)Oc1ccc(Cl)cc1. The van der Waals surface area contributed by atoms with E-state index in [1.165, 1.54) is 7.11 Å². The van der Waals surface area contributed by atoms with Crippen LogP contribution in [0.5, 0.6) is 5.75 Å². The van der Waals surface area contributed by atoms with Gasteiger partial charge in [0.15, 0.2) is 6.10 Å². The summed E-state index contributed by atoms with van der Waals surface area (Å²) >= 11 is 5.80. The van der Waals surface area contributed by atoms with Crippen molar-refractivity contribution in [3.63, 3.8) is 0 Å². The second kappa shape index (κ2) is 7.65. The van der Waals surface area contributed by atoms with Crippen molar-refractivity contribution in [2.45, 2.75) is 13.0 Å². The summed E-state index contributed by atoms with van der Waals surface area (Å²) in [5.74, 6) is -0.373. The summed E-state index contributed by atoms with van der Waals surface area (Å²) in [6.07, 6.45) is -0.748. The van der Waals surface area contributed by atoms with Crippen molar-refractivity contribution in [2.24, 2.45) is 0 Å². The van der Waals surface area contributed by atoms with Crippen molar-refractivity contribution >= 4 is 29.2 Å². The Morgan fingerprint density at radius 1 is 1.09 bits per heavy atom. The van der Waals surface area contributed by atoms with Crippen molar-refractivity contribution < 1.29 is 19.1 Å². The molecule has 0 radical (unpaired) electrons. The molecular weight excluding hydrogens is 318 g/mol. The van der Waals surface area contributed by atoms with E-state index < -0.39 is 12.1 Å². The molecule has 0 spiro atoms. The second-order valence-electron chi connectivity index (χ2n) is 4.74. The highest BCUT2D eigenvalue weighted by molar-refractivity contribution is 6.30. The van der Waals surface area contributed by atoms with E-state index in [4.69, 9.17) is 21.1 Å². The first-order valence-corrected chi connectivity index (χ1v) is 7.29. The number of methoxy groups -OCH3 is 1. The smallest absolute Gasteiger partial charge is 0.339 e. The molecule has 0 aromatic heterocycles. The largest absolute Gasteiger partial charge is 0.481 e. The maximum absolute atomic E-state index is 12.2. The molecule has 0 unspecified atom stereocenters. The number of halogens is 1. The Morgan fingerprint density at radius 2 is 1.74 bits per heavy atom. The average molecular weight is 334 g/mol. The second-order valence-corrected chi connectivity index (χ2v) is 5.18. The van der Waals surface area contributed by atoms with E-state index in [2.05, 4.69) is 5.32 Å². The summed E-state index contributed by atoms with van der Waals surface area (Å²) in [5, 5.41) is 3.25. The predicted molar refractivity (Wildman–Crippen MR) is 88.0 cm³/mol. The first kappa shape index (κ1) is 16.8. The summed E-state index contributed by atoms with van der Waals surface area (Å²) < 4.78 is 10.2. The molecule has 0 fully saturated rings. The molecule has 2 aromatic rings. The van der Waals surface area contributed by atoms with Gasteiger partial charge in [-0.3, -0.25) is 4.79 Å². The maximum Gasteiger partial charge on any atom is 0.339 e. The van der Waals surface area contributed by atoms with Crippen LogP contribution in [0.2, 0.25) is 5.02 Å². The number of hydrogen-bond acceptors (Lipinski definition) is 4. The zero-order valence-electron chi connectivity index (χ0n) is 12.7. The number of carbonyl (C=O) groups is 2. The molecule has 120 valence electrons. The van der Waals surface area contributed by atoms with Crippen LogP contribution in [0.1, 0.15) is 17.3 Å². The number of anilines is 1. The first-order valence-electron chi connectivity index (χ1n) is 6.91. The van der Waals surface area contributed by atoms with E-state index in [9.17, 15) is 9.59 Å². The molecule has 0 saturated heterocycles. The van der Waals surface area contributed by atoms with Gasteiger partial charge in [-0.05, 0) is 43.3 Å². The molecule has 23 heavy (non-hydrogen) atoms. The number of benzene rings is 2. The third kappa shape index (κ3) is 4.47. The van der Waals surface area contributed by atoms with Gasteiger partial charge in [0, 0.05) is 5.02 Å². The van der Waals surface area contributed by atoms with Gasteiger partial charge in [-0.2, -0.15) is 0 Å². The Hall–Kier alpha value is -2.53. The fourth-order valence-corrected chi connectivity index (χ4v) is 2.01. The van der Waals surface area contributed by atoms with Gasteiger partial charge in [-0.25, -0.2) is 4.79 Å². The number of para-hydroxylation sites is 1. The van der Waals surface area contributed by atoms with Gasteiger partial charge in [-0.15, -0.1) is 0 Å². The summed E-state index contributed by atoms with van der Waals surface area (Å²) in [7, 11) is 1.28. The normalized spacial score (nSPS) is 11.4. The van der Waals surface area contributed by atoms with Crippen LogP contribution < -0.4 is 10.1 Å². The topological polar surface area (TPSA) is 64.6 Å². The number of nitrogens with one attached hydrogen (secondary N) is 1. The summed E-state index contributed by atoms with van der Waals surface area (Å²) in [4.78, 5) is 23.9. The van der Waals surface area contributed by atoms with Crippen LogP contribution in [-0.4, -0.2) is 25.1 Å². The van der Waals surface area contributed by atoms with E-state index in [1.807, 2.05) is 0 Å². The lowest BCUT2D eigenvalue weighted by Crippen LogP contribution is -2.30. The number of esters is 1. The molecule has 0 aliphatic carbocycles. The third-order valence-corrected chi connectivity index (χ3v) is 3.34. The van der Waals surface area contributed by atoms with Crippen LogP contribution in [0.25, 0.3) is 0 Å². The summed E-state index contributed by atoms with van der Waals surface area (Å²) in [6.45, 7) is 1.62. The van der Waals surface area contributed by atoms with Crippen LogP contribution in [0, 0.1) is 0 Å². The van der Waals surface area contributed by atoms with Crippen LogP contribution in [0.15, 0.2) is 48.5 Å². The lowest BCUT2D eigenvalue weighted by molar-refractivity contribution is -0.122. The van der Waals surface area contributed by atoms with Crippen molar-refractivity contribution in [3.8, 4) is 5.75 Å². The average Bonchev–Trinajstić information content (AvgIpc) is 2.56. The number of hydrogen-bond donors (Lipinski definition) is 1. The zero-order valence-corrected chi connectivity index (χ0v) is 13.5. The molecule has 6 heteroatoms. The minimum atomic E-state index is -0.748. The van der Waals surface area contributed by atoms with Gasteiger partial charge >= 0.3 is 5.97 Å². The Morgan fingerprint density at radius 3 is 2.39 bits per heavy atom. The number of ether oxygens (including phenoxy) is 2. The standard InChI is InChI=1S/C17H16ClNO4/c1-11(23-13-9-7-12(18)8-10-13)16(20)19-15-6-4-3-5-14(15)17(21)22-2/h3-11H,1-2H3,(H,19,20)/t11-/m0/s1. The molecule has 1 amide bonds. The molecule has 0 aliphatic heterocycles. The number of amides is 1. The van der Waals surface area contributed by atoms with E-state index in [0.717, 1.165) is 0 Å². The lowest BCUT2D eigenvalue weighted by atomic mass is 10.1. The number of rotatable bonds is 5. The van der Waals surface area contributed by atoms with Crippen LogP contribution in [0.3, 0.4) is 0 Å². The van der Waals surface area contributed by atoms with E-state index >= 15 is 0 Å². The van der Waals surface area contributed by atoms with Crippen molar-refractivity contribution in [1.82, 2.24) is 0 Å². The van der Waals surface area contributed by atoms with Crippen LogP contribution in [-0.2, 0) is 9.53 Å². The summed E-state index contributed by atoms with van der Waals surface area (Å²) in [5.41, 5.74) is 0.651.